The minimum atomic E-state index is 0.712. The highest BCUT2D eigenvalue weighted by Gasteiger charge is 2.05. The van der Waals surface area contributed by atoms with E-state index in [-0.39, 0.29) is 0 Å². The predicted octanol–water partition coefficient (Wildman–Crippen LogP) is 5.19. The van der Waals surface area contributed by atoms with Crippen LogP contribution in [-0.2, 0) is 6.42 Å². The number of hydrogen-bond acceptors (Lipinski definition) is 2. The number of benzene rings is 2. The summed E-state index contributed by atoms with van der Waals surface area (Å²) < 4.78 is 0. The van der Waals surface area contributed by atoms with Crippen molar-refractivity contribution >= 4 is 33.9 Å². The summed E-state index contributed by atoms with van der Waals surface area (Å²) in [6, 6.07) is 16.1. The van der Waals surface area contributed by atoms with E-state index >= 15 is 0 Å². The largest absolute Gasteiger partial charge is 0.354 e. The van der Waals surface area contributed by atoms with Gasteiger partial charge < -0.3 is 5.32 Å². The van der Waals surface area contributed by atoms with E-state index in [1.807, 2.05) is 36.5 Å². The molecule has 0 aliphatic rings. The Morgan fingerprint density at radius 1 is 1.05 bits per heavy atom. The molecule has 1 aromatic heterocycles. The summed E-state index contributed by atoms with van der Waals surface area (Å²) >= 11 is 6.21. The number of nitrogens with one attached hydrogen (secondary N) is 1. The lowest BCUT2D eigenvalue weighted by Gasteiger charge is -2.11. The normalized spacial score (nSPS) is 10.7. The molecule has 1 N–H and O–H groups in total. The van der Waals surface area contributed by atoms with Gasteiger partial charge in [-0.1, -0.05) is 36.7 Å². The zero-order valence-corrected chi connectivity index (χ0v) is 12.0. The fourth-order valence-corrected chi connectivity index (χ4v) is 2.41. The molecule has 100 valence electrons. The van der Waals surface area contributed by atoms with Gasteiger partial charge in [-0.15, -0.1) is 0 Å². The van der Waals surface area contributed by atoms with Gasteiger partial charge in [0.25, 0.3) is 0 Å². The van der Waals surface area contributed by atoms with Gasteiger partial charge >= 0.3 is 0 Å². The highest BCUT2D eigenvalue weighted by molar-refractivity contribution is 6.33. The molecule has 3 aromatic rings. The number of pyridine rings is 1. The van der Waals surface area contributed by atoms with Crippen LogP contribution in [0.25, 0.3) is 10.9 Å². The number of aryl methyl sites for hydroxylation is 1. The molecule has 2 aromatic carbocycles. The molecule has 0 fully saturated rings. The lowest BCUT2D eigenvalue weighted by Crippen LogP contribution is -1.94. The number of para-hydroxylation sites is 1. The number of anilines is 2. The van der Waals surface area contributed by atoms with E-state index in [2.05, 4.69) is 35.4 Å². The molecule has 0 aliphatic carbocycles. The molecule has 3 rings (SSSR count). The van der Waals surface area contributed by atoms with E-state index in [9.17, 15) is 0 Å². The summed E-state index contributed by atoms with van der Waals surface area (Å²) in [5.41, 5.74) is 4.22. The van der Waals surface area contributed by atoms with Crippen LogP contribution in [0.15, 0.2) is 54.7 Å². The van der Waals surface area contributed by atoms with Crippen molar-refractivity contribution in [3.05, 3.63) is 65.3 Å². The topological polar surface area (TPSA) is 24.9 Å². The molecule has 1 heterocycles. The minimum Gasteiger partial charge on any atom is -0.354 e. The molecule has 0 saturated carbocycles. The van der Waals surface area contributed by atoms with Crippen LogP contribution in [0.3, 0.4) is 0 Å². The number of aromatic nitrogens is 1. The first-order valence-corrected chi connectivity index (χ1v) is 7.05. The van der Waals surface area contributed by atoms with Crippen LogP contribution in [0.4, 0.5) is 11.4 Å². The van der Waals surface area contributed by atoms with Crippen molar-refractivity contribution in [3.63, 3.8) is 0 Å². The lowest BCUT2D eigenvalue weighted by atomic mass is 10.1. The zero-order chi connectivity index (χ0) is 13.9. The van der Waals surface area contributed by atoms with E-state index in [4.69, 9.17) is 11.6 Å². The molecule has 2 nitrogen and oxygen atoms in total. The molecule has 0 aliphatic heterocycles. The number of fused-ring (bicyclic) bond motifs is 1. The molecule has 0 saturated heterocycles. The molecule has 0 spiro atoms. The van der Waals surface area contributed by atoms with Gasteiger partial charge in [-0.3, -0.25) is 4.98 Å². The second kappa shape index (κ2) is 5.51. The molecule has 0 atom stereocenters. The first-order chi connectivity index (χ1) is 9.78. The number of hydrogen-bond donors (Lipinski definition) is 1. The van der Waals surface area contributed by atoms with E-state index < -0.39 is 0 Å². The molecular weight excluding hydrogens is 268 g/mol. The summed E-state index contributed by atoms with van der Waals surface area (Å²) in [4.78, 5) is 4.41. The predicted molar refractivity (Wildman–Crippen MR) is 85.9 cm³/mol. The van der Waals surface area contributed by atoms with E-state index in [0.29, 0.717) is 5.02 Å². The quantitative estimate of drug-likeness (QED) is 0.715. The Hall–Kier alpha value is -2.06. The summed E-state index contributed by atoms with van der Waals surface area (Å²) in [6.45, 7) is 2.15. The number of halogens is 1. The molecule has 20 heavy (non-hydrogen) atoms. The maximum absolute atomic E-state index is 6.21. The number of rotatable bonds is 3. The molecular formula is C17H15ClN2. The second-order valence-corrected chi connectivity index (χ2v) is 5.08. The van der Waals surface area contributed by atoms with E-state index in [1.54, 1.807) is 0 Å². The monoisotopic (exact) mass is 282 g/mol. The molecule has 0 radical (unpaired) electrons. The van der Waals surface area contributed by atoms with Gasteiger partial charge in [-0.2, -0.15) is 0 Å². The summed E-state index contributed by atoms with van der Waals surface area (Å²) in [6.07, 6.45) is 2.82. The van der Waals surface area contributed by atoms with Crippen LogP contribution in [0.1, 0.15) is 12.5 Å². The van der Waals surface area contributed by atoms with Crippen LogP contribution in [-0.4, -0.2) is 4.98 Å². The Bertz CT molecular complexity index is 753. The SMILES string of the molecule is CCc1ccc2nccc(Nc3ccccc3Cl)c2c1. The van der Waals surface area contributed by atoms with E-state index in [0.717, 1.165) is 28.7 Å². The van der Waals surface area contributed by atoms with Crippen molar-refractivity contribution in [2.24, 2.45) is 0 Å². The Morgan fingerprint density at radius 3 is 2.70 bits per heavy atom. The third-order valence-corrected chi connectivity index (χ3v) is 3.69. The standard InChI is InChI=1S/C17H15ClN2/c1-2-12-7-8-15-13(11-12)16(9-10-19-15)20-17-6-4-3-5-14(17)18/h3-11H,2H2,1H3,(H,19,20). The van der Waals surface area contributed by atoms with Crippen LogP contribution >= 0.6 is 11.6 Å². The van der Waals surface area contributed by atoms with Gasteiger partial charge in [0.1, 0.15) is 0 Å². The molecule has 0 bridgehead atoms. The summed E-state index contributed by atoms with van der Waals surface area (Å²) in [7, 11) is 0. The Kier molecular flexibility index (Phi) is 3.57. The van der Waals surface area contributed by atoms with Crippen molar-refractivity contribution in [2.75, 3.05) is 5.32 Å². The van der Waals surface area contributed by atoms with Crippen molar-refractivity contribution in [1.29, 1.82) is 0 Å². The zero-order valence-electron chi connectivity index (χ0n) is 11.2. The van der Waals surface area contributed by atoms with Crippen LogP contribution in [0.5, 0.6) is 0 Å². The fourth-order valence-electron chi connectivity index (χ4n) is 2.23. The van der Waals surface area contributed by atoms with E-state index in [1.165, 1.54) is 5.56 Å². The first kappa shape index (κ1) is 12.9. The van der Waals surface area contributed by atoms with Crippen molar-refractivity contribution < 1.29 is 0 Å². The maximum atomic E-state index is 6.21. The third-order valence-electron chi connectivity index (χ3n) is 3.36. The highest BCUT2D eigenvalue weighted by atomic mass is 35.5. The van der Waals surface area contributed by atoms with Crippen LogP contribution < -0.4 is 5.32 Å². The van der Waals surface area contributed by atoms with Gasteiger partial charge in [0.05, 0.1) is 16.2 Å². The lowest BCUT2D eigenvalue weighted by molar-refractivity contribution is 1.14. The van der Waals surface area contributed by atoms with Gasteiger partial charge in [0.15, 0.2) is 0 Å². The smallest absolute Gasteiger partial charge is 0.0723 e. The summed E-state index contributed by atoms with van der Waals surface area (Å²) in [5, 5.41) is 5.22. The van der Waals surface area contributed by atoms with Gasteiger partial charge in [0, 0.05) is 17.3 Å². The van der Waals surface area contributed by atoms with Gasteiger partial charge in [-0.05, 0) is 42.3 Å². The molecule has 3 heteroatoms. The average Bonchev–Trinajstić information content (AvgIpc) is 2.49. The van der Waals surface area contributed by atoms with Crippen molar-refractivity contribution in [3.8, 4) is 0 Å². The number of nitrogens with zero attached hydrogens (tertiary/aromatic N) is 1. The van der Waals surface area contributed by atoms with Crippen molar-refractivity contribution in [1.82, 2.24) is 4.98 Å². The van der Waals surface area contributed by atoms with Crippen LogP contribution in [0, 0.1) is 0 Å². The average molecular weight is 283 g/mol. The maximum Gasteiger partial charge on any atom is 0.0723 e. The second-order valence-electron chi connectivity index (χ2n) is 4.67. The first-order valence-electron chi connectivity index (χ1n) is 6.67. The Morgan fingerprint density at radius 2 is 1.90 bits per heavy atom. The Balaban J connectivity index is 2.09. The third kappa shape index (κ3) is 2.47. The highest BCUT2D eigenvalue weighted by Crippen LogP contribution is 2.29. The fraction of sp³-hybridized carbons (Fsp3) is 0.118. The van der Waals surface area contributed by atoms with Crippen LogP contribution in [0.2, 0.25) is 5.02 Å². The summed E-state index contributed by atoms with van der Waals surface area (Å²) in [5.74, 6) is 0. The molecule has 0 unspecified atom stereocenters. The van der Waals surface area contributed by atoms with Gasteiger partial charge in [0.2, 0.25) is 0 Å². The minimum absolute atomic E-state index is 0.712. The molecule has 0 amide bonds. The van der Waals surface area contributed by atoms with Crippen molar-refractivity contribution in [2.45, 2.75) is 13.3 Å². The Labute approximate surface area is 123 Å². The van der Waals surface area contributed by atoms with Gasteiger partial charge in [-0.25, -0.2) is 0 Å².